The smallest absolute Gasteiger partial charge is 0.417 e. The SMILES string of the molecule is CCc1ncnc(NC(C)c2ccc(Oc3ccc(C(F)(F)F)cn3)cc2)c1Cl. The Balaban J connectivity index is 1.67. The summed E-state index contributed by atoms with van der Waals surface area (Å²) < 4.78 is 43.3. The second-order valence-corrected chi connectivity index (χ2v) is 6.63. The molecule has 9 heteroatoms. The van der Waals surface area contributed by atoms with Crippen molar-refractivity contribution in [2.45, 2.75) is 32.5 Å². The van der Waals surface area contributed by atoms with Gasteiger partial charge in [0.1, 0.15) is 22.9 Å². The largest absolute Gasteiger partial charge is 0.439 e. The van der Waals surface area contributed by atoms with Crippen molar-refractivity contribution in [2.24, 2.45) is 0 Å². The highest BCUT2D eigenvalue weighted by Crippen LogP contribution is 2.31. The molecule has 0 saturated carbocycles. The Kier molecular flexibility index (Phi) is 6.22. The summed E-state index contributed by atoms with van der Waals surface area (Å²) in [5.41, 5.74) is 0.893. The minimum atomic E-state index is -4.43. The van der Waals surface area contributed by atoms with Crippen LogP contribution in [0.25, 0.3) is 0 Å². The third-order valence-electron chi connectivity index (χ3n) is 4.22. The van der Waals surface area contributed by atoms with Crippen molar-refractivity contribution in [1.29, 1.82) is 0 Å². The van der Waals surface area contributed by atoms with Gasteiger partial charge in [-0.15, -0.1) is 0 Å². The van der Waals surface area contributed by atoms with Crippen molar-refractivity contribution in [3.8, 4) is 11.6 Å². The molecule has 0 fully saturated rings. The van der Waals surface area contributed by atoms with Gasteiger partial charge in [0.05, 0.1) is 11.3 Å². The zero-order valence-corrected chi connectivity index (χ0v) is 16.4. The Morgan fingerprint density at radius 1 is 1.07 bits per heavy atom. The van der Waals surface area contributed by atoms with E-state index in [1.54, 1.807) is 12.1 Å². The number of alkyl halides is 3. The van der Waals surface area contributed by atoms with Gasteiger partial charge in [-0.05, 0) is 37.1 Å². The highest BCUT2D eigenvalue weighted by atomic mass is 35.5. The molecule has 1 atom stereocenters. The lowest BCUT2D eigenvalue weighted by molar-refractivity contribution is -0.137. The number of rotatable bonds is 6. The van der Waals surface area contributed by atoms with Gasteiger partial charge in [-0.3, -0.25) is 0 Å². The van der Waals surface area contributed by atoms with Gasteiger partial charge in [0.2, 0.25) is 5.88 Å². The maximum atomic E-state index is 12.6. The monoisotopic (exact) mass is 422 g/mol. The summed E-state index contributed by atoms with van der Waals surface area (Å²) in [7, 11) is 0. The van der Waals surface area contributed by atoms with Gasteiger partial charge in [0.15, 0.2) is 0 Å². The number of ether oxygens (including phenoxy) is 1. The summed E-state index contributed by atoms with van der Waals surface area (Å²) in [5, 5.41) is 3.74. The first-order chi connectivity index (χ1) is 13.8. The fourth-order valence-electron chi connectivity index (χ4n) is 2.60. The van der Waals surface area contributed by atoms with E-state index in [1.807, 2.05) is 26.0 Å². The zero-order chi connectivity index (χ0) is 21.0. The summed E-state index contributed by atoms with van der Waals surface area (Å²) in [6.07, 6.45) is -1.52. The number of hydrogen-bond acceptors (Lipinski definition) is 5. The lowest BCUT2D eigenvalue weighted by Crippen LogP contribution is -2.09. The van der Waals surface area contributed by atoms with Crippen LogP contribution in [0.1, 0.15) is 36.7 Å². The molecule has 0 radical (unpaired) electrons. The predicted octanol–water partition coefficient (Wildman–Crippen LogP) is 6.07. The minimum absolute atomic E-state index is 0.0804. The van der Waals surface area contributed by atoms with Crippen molar-refractivity contribution in [1.82, 2.24) is 15.0 Å². The van der Waals surface area contributed by atoms with E-state index in [0.717, 1.165) is 23.5 Å². The molecular weight excluding hydrogens is 405 g/mol. The normalized spacial score (nSPS) is 12.5. The quantitative estimate of drug-likeness (QED) is 0.522. The number of hydrogen-bond donors (Lipinski definition) is 1. The first-order valence-electron chi connectivity index (χ1n) is 8.85. The van der Waals surface area contributed by atoms with Crippen molar-refractivity contribution in [2.75, 3.05) is 5.32 Å². The van der Waals surface area contributed by atoms with Crippen LogP contribution in [0.4, 0.5) is 19.0 Å². The summed E-state index contributed by atoms with van der Waals surface area (Å²) >= 11 is 6.31. The van der Waals surface area contributed by atoms with Crippen LogP contribution in [-0.4, -0.2) is 15.0 Å². The molecule has 1 unspecified atom stereocenters. The first kappa shape index (κ1) is 20.9. The molecule has 2 aromatic heterocycles. The Morgan fingerprint density at radius 2 is 1.79 bits per heavy atom. The van der Waals surface area contributed by atoms with Crippen LogP contribution in [0, 0.1) is 0 Å². The predicted molar refractivity (Wildman–Crippen MR) is 104 cm³/mol. The fourth-order valence-corrected chi connectivity index (χ4v) is 2.88. The number of benzene rings is 1. The van der Waals surface area contributed by atoms with E-state index in [4.69, 9.17) is 16.3 Å². The van der Waals surface area contributed by atoms with Crippen LogP contribution in [0.2, 0.25) is 5.02 Å². The van der Waals surface area contributed by atoms with Gasteiger partial charge in [-0.2, -0.15) is 13.2 Å². The summed E-state index contributed by atoms with van der Waals surface area (Å²) in [4.78, 5) is 12.0. The van der Waals surface area contributed by atoms with Gasteiger partial charge < -0.3 is 10.1 Å². The molecule has 152 valence electrons. The molecule has 0 aliphatic rings. The molecule has 3 rings (SSSR count). The third-order valence-corrected chi connectivity index (χ3v) is 4.61. The molecule has 1 N–H and O–H groups in total. The van der Waals surface area contributed by atoms with E-state index < -0.39 is 11.7 Å². The second kappa shape index (κ2) is 8.65. The van der Waals surface area contributed by atoms with Gasteiger partial charge in [-0.1, -0.05) is 30.7 Å². The highest BCUT2D eigenvalue weighted by Gasteiger charge is 2.30. The minimum Gasteiger partial charge on any atom is -0.439 e. The highest BCUT2D eigenvalue weighted by molar-refractivity contribution is 6.33. The molecule has 5 nitrogen and oxygen atoms in total. The molecule has 29 heavy (non-hydrogen) atoms. The Labute approximate surface area is 170 Å². The van der Waals surface area contributed by atoms with Crippen molar-refractivity contribution >= 4 is 17.4 Å². The lowest BCUT2D eigenvalue weighted by atomic mass is 10.1. The van der Waals surface area contributed by atoms with Crippen LogP contribution in [0.5, 0.6) is 11.6 Å². The van der Waals surface area contributed by atoms with Crippen LogP contribution in [0.3, 0.4) is 0 Å². The molecule has 1 aromatic carbocycles. The number of anilines is 1. The summed E-state index contributed by atoms with van der Waals surface area (Å²) in [5.74, 6) is 1.10. The van der Waals surface area contributed by atoms with E-state index in [-0.39, 0.29) is 11.9 Å². The number of nitrogens with one attached hydrogen (secondary N) is 1. The molecule has 3 aromatic rings. The van der Waals surface area contributed by atoms with Crippen LogP contribution in [0.15, 0.2) is 48.9 Å². The Hall–Kier alpha value is -2.87. The van der Waals surface area contributed by atoms with Crippen molar-refractivity contribution in [3.05, 3.63) is 70.8 Å². The number of aryl methyl sites for hydroxylation is 1. The zero-order valence-electron chi connectivity index (χ0n) is 15.7. The van der Waals surface area contributed by atoms with E-state index in [9.17, 15) is 13.2 Å². The van der Waals surface area contributed by atoms with Gasteiger partial charge in [-0.25, -0.2) is 15.0 Å². The third kappa shape index (κ3) is 5.14. The molecule has 0 spiro atoms. The van der Waals surface area contributed by atoms with E-state index >= 15 is 0 Å². The number of halogens is 4. The van der Waals surface area contributed by atoms with E-state index in [1.165, 1.54) is 12.4 Å². The molecule has 0 saturated heterocycles. The number of aromatic nitrogens is 3. The Morgan fingerprint density at radius 3 is 2.38 bits per heavy atom. The van der Waals surface area contributed by atoms with Crippen molar-refractivity contribution < 1.29 is 17.9 Å². The summed E-state index contributed by atoms with van der Waals surface area (Å²) in [6, 6.07) is 9.13. The first-order valence-corrected chi connectivity index (χ1v) is 9.22. The fraction of sp³-hybridized carbons (Fsp3) is 0.250. The standard InChI is InChI=1S/C20H18ClF3N4O/c1-3-16-18(21)19(27-11-26-16)28-12(2)13-4-7-15(8-5-13)29-17-9-6-14(10-25-17)20(22,23)24/h4-12H,3H2,1-2H3,(H,26,27,28). The summed E-state index contributed by atoms with van der Waals surface area (Å²) in [6.45, 7) is 3.92. The second-order valence-electron chi connectivity index (χ2n) is 6.26. The number of nitrogens with zero attached hydrogens (tertiary/aromatic N) is 3. The lowest BCUT2D eigenvalue weighted by Gasteiger charge is -2.17. The molecule has 0 aliphatic heterocycles. The average Bonchev–Trinajstić information content (AvgIpc) is 2.70. The van der Waals surface area contributed by atoms with Crippen molar-refractivity contribution in [3.63, 3.8) is 0 Å². The maximum absolute atomic E-state index is 12.6. The maximum Gasteiger partial charge on any atom is 0.417 e. The van der Waals surface area contributed by atoms with Gasteiger partial charge >= 0.3 is 6.18 Å². The topological polar surface area (TPSA) is 59.9 Å². The van der Waals surface area contributed by atoms with Gasteiger partial charge in [0, 0.05) is 18.3 Å². The molecule has 2 heterocycles. The van der Waals surface area contributed by atoms with Crippen LogP contribution in [-0.2, 0) is 12.6 Å². The van der Waals surface area contributed by atoms with Crippen LogP contribution >= 0.6 is 11.6 Å². The molecule has 0 aliphatic carbocycles. The van der Waals surface area contributed by atoms with Crippen LogP contribution < -0.4 is 10.1 Å². The van der Waals surface area contributed by atoms with Gasteiger partial charge in [0.25, 0.3) is 0 Å². The average molecular weight is 423 g/mol. The van der Waals surface area contributed by atoms with E-state index in [2.05, 4.69) is 20.3 Å². The molecule has 0 amide bonds. The molecule has 0 bridgehead atoms. The van der Waals surface area contributed by atoms with E-state index in [0.29, 0.717) is 23.0 Å². The number of pyridine rings is 1. The molecular formula is C20H18ClF3N4O. The Bertz CT molecular complexity index is 963.